The normalized spacial score (nSPS) is 10.5. The molecule has 0 rings (SSSR count). The smallest absolute Gasteiger partial charge is 0.243 e. The van der Waals surface area contributed by atoms with Crippen LogP contribution >= 0.6 is 0 Å². The van der Waals surface area contributed by atoms with Gasteiger partial charge in [-0.3, -0.25) is 14.4 Å². The maximum absolute atomic E-state index is 11.4. The highest BCUT2D eigenvalue weighted by atomic mass is 16.2. The molecule has 7 nitrogen and oxygen atoms in total. The second-order valence-corrected chi connectivity index (χ2v) is 3.58. The summed E-state index contributed by atoms with van der Waals surface area (Å²) in [6.45, 7) is 5.09. The molecule has 0 aliphatic heterocycles. The van der Waals surface area contributed by atoms with E-state index in [0.29, 0.717) is 5.70 Å². The highest BCUT2D eigenvalue weighted by molar-refractivity contribution is 5.89. The molecular weight excluding hydrogens is 248 g/mol. The average Bonchev–Trinajstić information content (AvgIpc) is 2.40. The van der Waals surface area contributed by atoms with Gasteiger partial charge in [0.2, 0.25) is 17.7 Å². The van der Waals surface area contributed by atoms with Gasteiger partial charge in [-0.25, -0.2) is 0 Å². The molecule has 0 saturated heterocycles. The predicted octanol–water partition coefficient (Wildman–Crippen LogP) is -1.36. The van der Waals surface area contributed by atoms with E-state index in [4.69, 9.17) is 0 Å². The van der Waals surface area contributed by atoms with E-state index < -0.39 is 5.91 Å². The van der Waals surface area contributed by atoms with Crippen molar-refractivity contribution in [3.05, 3.63) is 24.4 Å². The third kappa shape index (κ3) is 8.56. The fourth-order valence-electron chi connectivity index (χ4n) is 1.09. The van der Waals surface area contributed by atoms with Crippen molar-refractivity contribution in [3.8, 4) is 0 Å². The fraction of sp³-hybridized carbons (Fsp3) is 0.417. The van der Waals surface area contributed by atoms with Crippen molar-refractivity contribution >= 4 is 17.7 Å². The molecule has 0 bridgehead atoms. The van der Waals surface area contributed by atoms with Crippen LogP contribution in [0.15, 0.2) is 24.4 Å². The van der Waals surface area contributed by atoms with Crippen molar-refractivity contribution in [1.29, 1.82) is 0 Å². The first kappa shape index (κ1) is 16.9. The van der Waals surface area contributed by atoms with Crippen molar-refractivity contribution < 1.29 is 14.4 Å². The zero-order chi connectivity index (χ0) is 14.7. The van der Waals surface area contributed by atoms with Crippen molar-refractivity contribution in [2.45, 2.75) is 6.92 Å². The Balaban J connectivity index is 3.87. The van der Waals surface area contributed by atoms with Crippen molar-refractivity contribution in [3.63, 3.8) is 0 Å². The Hall–Kier alpha value is -2.15. The monoisotopic (exact) mass is 268 g/mol. The number of carbonyl (C=O) groups is 3. The number of hydrogen-bond acceptors (Lipinski definition) is 4. The first-order chi connectivity index (χ1) is 9.03. The topological polar surface area (TPSA) is 99.3 Å². The van der Waals surface area contributed by atoms with E-state index in [9.17, 15) is 14.4 Å². The first-order valence-corrected chi connectivity index (χ1v) is 5.80. The molecule has 0 aromatic rings. The lowest BCUT2D eigenvalue weighted by atomic mass is 10.4. The highest BCUT2D eigenvalue weighted by Crippen LogP contribution is 1.87. The van der Waals surface area contributed by atoms with E-state index in [-0.39, 0.29) is 31.4 Å². The third-order valence-electron chi connectivity index (χ3n) is 2.04. The second kappa shape index (κ2) is 9.84. The fourth-order valence-corrected chi connectivity index (χ4v) is 1.09. The van der Waals surface area contributed by atoms with Crippen LogP contribution in [0.4, 0.5) is 0 Å². The van der Waals surface area contributed by atoms with Crippen LogP contribution in [0.5, 0.6) is 0 Å². The van der Waals surface area contributed by atoms with Gasteiger partial charge in [-0.05, 0) is 20.0 Å². The van der Waals surface area contributed by atoms with E-state index in [0.717, 1.165) is 0 Å². The standard InChI is InChI=1S/C12H20N4O3/c1-4-9(5-2)16-12(19)8-15-11(18)7-14-10(17)6-13-3/h4-5,13H,1,6-8H2,2-3H3,(H,14,17)(H,15,18)(H,16,19)/b9-5+. The van der Waals surface area contributed by atoms with Gasteiger partial charge in [-0.15, -0.1) is 0 Å². The Morgan fingerprint density at radius 3 is 2.00 bits per heavy atom. The van der Waals surface area contributed by atoms with Gasteiger partial charge in [-0.1, -0.05) is 12.7 Å². The Bertz CT molecular complexity index is 377. The second-order valence-electron chi connectivity index (χ2n) is 3.58. The van der Waals surface area contributed by atoms with Crippen molar-refractivity contribution in [2.24, 2.45) is 0 Å². The quantitative estimate of drug-likeness (QED) is 0.409. The Labute approximate surface area is 112 Å². The Morgan fingerprint density at radius 1 is 1.00 bits per heavy atom. The maximum Gasteiger partial charge on any atom is 0.243 e. The summed E-state index contributed by atoms with van der Waals surface area (Å²) in [5.74, 6) is -1.08. The largest absolute Gasteiger partial charge is 0.346 e. The highest BCUT2D eigenvalue weighted by Gasteiger charge is 2.07. The SMILES string of the molecule is C=C/C(=C\C)NC(=O)CNC(=O)CNC(=O)CNC. The van der Waals surface area contributed by atoms with E-state index in [1.165, 1.54) is 6.08 Å². The molecule has 7 heteroatoms. The minimum absolute atomic E-state index is 0.137. The summed E-state index contributed by atoms with van der Waals surface area (Å²) in [7, 11) is 1.63. The third-order valence-corrected chi connectivity index (χ3v) is 2.04. The van der Waals surface area contributed by atoms with Crippen LogP contribution in [0, 0.1) is 0 Å². The predicted molar refractivity (Wildman–Crippen MR) is 72.0 cm³/mol. The van der Waals surface area contributed by atoms with E-state index >= 15 is 0 Å². The summed E-state index contributed by atoms with van der Waals surface area (Å²) < 4.78 is 0. The lowest BCUT2D eigenvalue weighted by Gasteiger charge is -2.08. The van der Waals surface area contributed by atoms with Crippen LogP contribution in [0.1, 0.15) is 6.92 Å². The van der Waals surface area contributed by atoms with Crippen LogP contribution in [0.25, 0.3) is 0 Å². The summed E-state index contributed by atoms with van der Waals surface area (Å²) in [5.41, 5.74) is 0.571. The first-order valence-electron chi connectivity index (χ1n) is 5.80. The molecule has 0 fully saturated rings. The van der Waals surface area contributed by atoms with E-state index in [1.54, 1.807) is 20.0 Å². The number of allylic oxidation sites excluding steroid dienone is 2. The van der Waals surface area contributed by atoms with Gasteiger partial charge in [0.05, 0.1) is 19.6 Å². The zero-order valence-corrected chi connectivity index (χ0v) is 11.2. The lowest BCUT2D eigenvalue weighted by Crippen LogP contribution is -2.43. The molecule has 0 unspecified atom stereocenters. The van der Waals surface area contributed by atoms with Gasteiger partial charge in [0, 0.05) is 5.70 Å². The molecule has 0 radical (unpaired) electrons. The number of rotatable bonds is 8. The number of likely N-dealkylation sites (N-methyl/N-ethyl adjacent to an activating group) is 1. The summed E-state index contributed by atoms with van der Waals surface area (Å²) in [6.07, 6.45) is 3.18. The minimum Gasteiger partial charge on any atom is -0.346 e. The van der Waals surface area contributed by atoms with Crippen LogP contribution in [-0.4, -0.2) is 44.4 Å². The van der Waals surface area contributed by atoms with Crippen molar-refractivity contribution in [1.82, 2.24) is 21.3 Å². The number of nitrogens with one attached hydrogen (secondary N) is 4. The molecule has 19 heavy (non-hydrogen) atoms. The molecule has 0 atom stereocenters. The minimum atomic E-state index is -0.430. The summed E-state index contributed by atoms with van der Waals surface area (Å²) in [6, 6.07) is 0. The lowest BCUT2D eigenvalue weighted by molar-refractivity contribution is -0.127. The molecule has 0 aliphatic carbocycles. The molecule has 0 heterocycles. The summed E-state index contributed by atoms with van der Waals surface area (Å²) in [5, 5.41) is 9.98. The molecular formula is C12H20N4O3. The van der Waals surface area contributed by atoms with Gasteiger partial charge >= 0.3 is 0 Å². The molecule has 0 aromatic carbocycles. The molecule has 0 saturated carbocycles. The van der Waals surface area contributed by atoms with Gasteiger partial charge in [0.15, 0.2) is 0 Å². The van der Waals surface area contributed by atoms with Gasteiger partial charge in [0.1, 0.15) is 0 Å². The van der Waals surface area contributed by atoms with Crippen molar-refractivity contribution in [2.75, 3.05) is 26.7 Å². The van der Waals surface area contributed by atoms with Gasteiger partial charge < -0.3 is 21.3 Å². The average molecular weight is 268 g/mol. The van der Waals surface area contributed by atoms with Crippen LogP contribution < -0.4 is 21.3 Å². The molecule has 4 N–H and O–H groups in total. The molecule has 106 valence electrons. The Kier molecular flexibility index (Phi) is 8.72. The maximum atomic E-state index is 11.4. The number of hydrogen-bond donors (Lipinski definition) is 4. The van der Waals surface area contributed by atoms with E-state index in [1.807, 2.05) is 0 Å². The molecule has 3 amide bonds. The zero-order valence-electron chi connectivity index (χ0n) is 11.2. The molecule has 0 aromatic heterocycles. The molecule has 0 spiro atoms. The number of amides is 3. The summed E-state index contributed by atoms with van der Waals surface area (Å²) >= 11 is 0. The van der Waals surface area contributed by atoms with Gasteiger partial charge in [-0.2, -0.15) is 0 Å². The van der Waals surface area contributed by atoms with Crippen LogP contribution in [0.2, 0.25) is 0 Å². The number of carbonyl (C=O) groups excluding carboxylic acids is 3. The van der Waals surface area contributed by atoms with Crippen LogP contribution in [0.3, 0.4) is 0 Å². The summed E-state index contributed by atoms with van der Waals surface area (Å²) in [4.78, 5) is 33.8. The van der Waals surface area contributed by atoms with Gasteiger partial charge in [0.25, 0.3) is 0 Å². The molecule has 0 aliphatic rings. The Morgan fingerprint density at radius 2 is 1.53 bits per heavy atom. The van der Waals surface area contributed by atoms with Crippen LogP contribution in [-0.2, 0) is 14.4 Å². The van der Waals surface area contributed by atoms with E-state index in [2.05, 4.69) is 27.8 Å².